The van der Waals surface area contributed by atoms with Gasteiger partial charge >= 0.3 is 0 Å². The van der Waals surface area contributed by atoms with Crippen molar-refractivity contribution >= 4 is 40.6 Å². The van der Waals surface area contributed by atoms with Gasteiger partial charge in [-0.05, 0) is 54.9 Å². The Labute approximate surface area is 172 Å². The molecule has 2 aromatic carbocycles. The van der Waals surface area contributed by atoms with Crippen LogP contribution in [0.15, 0.2) is 47.4 Å². The highest BCUT2D eigenvalue weighted by Gasteiger charge is 2.35. The van der Waals surface area contributed by atoms with Crippen molar-refractivity contribution in [3.8, 4) is 5.75 Å². The molecule has 1 fully saturated rings. The van der Waals surface area contributed by atoms with E-state index in [1.807, 2.05) is 13.8 Å². The fraction of sp³-hybridized carbons (Fsp3) is 0.238. The largest absolute Gasteiger partial charge is 0.489 e. The van der Waals surface area contributed by atoms with Gasteiger partial charge in [0.05, 0.1) is 22.6 Å². The molecule has 1 aliphatic rings. The van der Waals surface area contributed by atoms with Crippen LogP contribution in [0.4, 0.5) is 9.18 Å². The summed E-state index contributed by atoms with van der Waals surface area (Å²) in [6.07, 6.45) is 2.50. The SMILES string of the molecule is CC[C@@H](C)Oc1ccc(/C=C2\SC(=O)N(Cc3ccccc3F)C2=O)cc1Cl. The van der Waals surface area contributed by atoms with Crippen LogP contribution in [-0.4, -0.2) is 22.2 Å². The fourth-order valence-corrected chi connectivity index (χ4v) is 3.66. The zero-order chi connectivity index (χ0) is 20.3. The van der Waals surface area contributed by atoms with Crippen LogP contribution in [0, 0.1) is 5.82 Å². The third kappa shape index (κ3) is 4.56. The first kappa shape index (κ1) is 20.4. The number of hydrogen-bond donors (Lipinski definition) is 0. The van der Waals surface area contributed by atoms with Crippen LogP contribution in [0.25, 0.3) is 6.08 Å². The van der Waals surface area contributed by atoms with E-state index in [1.54, 1.807) is 42.5 Å². The Morgan fingerprint density at radius 3 is 2.68 bits per heavy atom. The topological polar surface area (TPSA) is 46.6 Å². The number of thioether (sulfide) groups is 1. The monoisotopic (exact) mass is 419 g/mol. The fourth-order valence-electron chi connectivity index (χ4n) is 2.59. The maximum Gasteiger partial charge on any atom is 0.293 e. The molecule has 0 aromatic heterocycles. The molecule has 146 valence electrons. The molecule has 0 saturated carbocycles. The maximum absolute atomic E-state index is 13.8. The molecular formula is C21H19ClFNO3S. The number of carbonyl (C=O) groups is 2. The first-order valence-electron chi connectivity index (χ1n) is 8.84. The van der Waals surface area contributed by atoms with Gasteiger partial charge in [0.2, 0.25) is 0 Å². The maximum atomic E-state index is 13.8. The van der Waals surface area contributed by atoms with Crippen LogP contribution in [0.2, 0.25) is 5.02 Å². The molecule has 28 heavy (non-hydrogen) atoms. The molecule has 0 aliphatic carbocycles. The first-order chi connectivity index (χ1) is 13.4. The van der Waals surface area contributed by atoms with Gasteiger partial charge in [0.25, 0.3) is 11.1 Å². The van der Waals surface area contributed by atoms with Gasteiger partial charge < -0.3 is 4.74 Å². The summed E-state index contributed by atoms with van der Waals surface area (Å²) < 4.78 is 19.6. The zero-order valence-corrected chi connectivity index (χ0v) is 17.0. The number of hydrogen-bond acceptors (Lipinski definition) is 4. The van der Waals surface area contributed by atoms with E-state index in [0.29, 0.717) is 21.9 Å². The van der Waals surface area contributed by atoms with Gasteiger partial charge in [-0.1, -0.05) is 42.8 Å². The normalized spacial score (nSPS) is 16.7. The second-order valence-electron chi connectivity index (χ2n) is 6.39. The predicted molar refractivity (Wildman–Crippen MR) is 110 cm³/mol. The number of benzene rings is 2. The lowest BCUT2D eigenvalue weighted by molar-refractivity contribution is -0.123. The average molecular weight is 420 g/mol. The van der Waals surface area contributed by atoms with E-state index < -0.39 is 17.0 Å². The summed E-state index contributed by atoms with van der Waals surface area (Å²) in [4.78, 5) is 26.2. The molecule has 3 rings (SSSR count). The van der Waals surface area contributed by atoms with Gasteiger partial charge in [0, 0.05) is 5.56 Å². The second-order valence-corrected chi connectivity index (χ2v) is 7.79. The molecule has 1 heterocycles. The van der Waals surface area contributed by atoms with Crippen molar-refractivity contribution in [2.75, 3.05) is 0 Å². The van der Waals surface area contributed by atoms with Crippen molar-refractivity contribution in [2.45, 2.75) is 32.9 Å². The molecule has 4 nitrogen and oxygen atoms in total. The highest BCUT2D eigenvalue weighted by molar-refractivity contribution is 8.18. The number of carbonyl (C=O) groups excluding carboxylic acids is 2. The standard InChI is InChI=1S/C21H19ClFNO3S/c1-3-13(2)27-18-9-8-14(10-16(18)22)11-19-20(25)24(21(26)28-19)12-15-6-4-5-7-17(15)23/h4-11,13H,3,12H2,1-2H3/b19-11-/t13-/m1/s1. The average Bonchev–Trinajstić information content (AvgIpc) is 2.93. The van der Waals surface area contributed by atoms with Crippen molar-refractivity contribution in [3.63, 3.8) is 0 Å². The highest BCUT2D eigenvalue weighted by atomic mass is 35.5. The second kappa shape index (κ2) is 8.80. The minimum atomic E-state index is -0.450. The van der Waals surface area contributed by atoms with Crippen LogP contribution in [0.1, 0.15) is 31.4 Å². The third-order valence-corrected chi connectivity index (χ3v) is 5.52. The molecule has 1 atom stereocenters. The van der Waals surface area contributed by atoms with Crippen molar-refractivity contribution in [2.24, 2.45) is 0 Å². The first-order valence-corrected chi connectivity index (χ1v) is 10.0. The Hall–Kier alpha value is -2.31. The highest BCUT2D eigenvalue weighted by Crippen LogP contribution is 2.35. The lowest BCUT2D eigenvalue weighted by Crippen LogP contribution is -2.27. The van der Waals surface area contributed by atoms with Gasteiger partial charge in [-0.15, -0.1) is 0 Å². The molecule has 0 unspecified atom stereocenters. The number of nitrogens with zero attached hydrogens (tertiary/aromatic N) is 1. The number of rotatable bonds is 6. The molecule has 0 spiro atoms. The summed E-state index contributed by atoms with van der Waals surface area (Å²) >= 11 is 7.10. The van der Waals surface area contributed by atoms with E-state index in [-0.39, 0.29) is 17.6 Å². The summed E-state index contributed by atoms with van der Waals surface area (Å²) in [6, 6.07) is 11.3. The summed E-state index contributed by atoms with van der Waals surface area (Å²) in [6.45, 7) is 3.87. The molecule has 0 N–H and O–H groups in total. The minimum absolute atomic E-state index is 0.0400. The Balaban J connectivity index is 1.78. The van der Waals surface area contributed by atoms with E-state index in [4.69, 9.17) is 16.3 Å². The Morgan fingerprint density at radius 2 is 2.00 bits per heavy atom. The molecule has 7 heteroatoms. The molecule has 2 amide bonds. The van der Waals surface area contributed by atoms with Crippen LogP contribution >= 0.6 is 23.4 Å². The number of imide groups is 1. The van der Waals surface area contributed by atoms with Gasteiger partial charge in [-0.3, -0.25) is 14.5 Å². The summed E-state index contributed by atoms with van der Waals surface area (Å²) in [5, 5.41) is 0.00181. The molecule has 2 aromatic rings. The van der Waals surface area contributed by atoms with Crippen LogP contribution in [0.3, 0.4) is 0 Å². The Bertz CT molecular complexity index is 947. The lowest BCUT2D eigenvalue weighted by Gasteiger charge is -2.14. The van der Waals surface area contributed by atoms with Gasteiger partial charge in [-0.2, -0.15) is 0 Å². The molecule has 0 radical (unpaired) electrons. The Morgan fingerprint density at radius 1 is 1.25 bits per heavy atom. The summed E-state index contributed by atoms with van der Waals surface area (Å²) in [5.74, 6) is -0.329. The molecule has 1 aliphatic heterocycles. The third-order valence-electron chi connectivity index (χ3n) is 4.32. The predicted octanol–water partition coefficient (Wildman–Crippen LogP) is 5.89. The van der Waals surface area contributed by atoms with Crippen LogP contribution in [-0.2, 0) is 11.3 Å². The smallest absolute Gasteiger partial charge is 0.293 e. The zero-order valence-electron chi connectivity index (χ0n) is 15.4. The van der Waals surface area contributed by atoms with Crippen molar-refractivity contribution in [1.29, 1.82) is 0 Å². The van der Waals surface area contributed by atoms with Gasteiger partial charge in [0.15, 0.2) is 0 Å². The van der Waals surface area contributed by atoms with E-state index in [9.17, 15) is 14.0 Å². The van der Waals surface area contributed by atoms with Crippen LogP contribution < -0.4 is 4.74 Å². The molecule has 0 bridgehead atoms. The molecular weight excluding hydrogens is 401 g/mol. The minimum Gasteiger partial charge on any atom is -0.489 e. The van der Waals surface area contributed by atoms with Crippen molar-refractivity contribution < 1.29 is 18.7 Å². The quantitative estimate of drug-likeness (QED) is 0.547. The van der Waals surface area contributed by atoms with Crippen molar-refractivity contribution in [1.82, 2.24) is 4.90 Å². The lowest BCUT2D eigenvalue weighted by atomic mass is 10.2. The van der Waals surface area contributed by atoms with E-state index in [2.05, 4.69) is 0 Å². The Kier molecular flexibility index (Phi) is 6.42. The number of amides is 2. The van der Waals surface area contributed by atoms with E-state index in [1.165, 1.54) is 6.07 Å². The van der Waals surface area contributed by atoms with Gasteiger partial charge in [-0.25, -0.2) is 4.39 Å². The van der Waals surface area contributed by atoms with E-state index in [0.717, 1.165) is 23.1 Å². The summed E-state index contributed by atoms with van der Waals surface area (Å²) in [7, 11) is 0. The van der Waals surface area contributed by atoms with Crippen LogP contribution in [0.5, 0.6) is 5.75 Å². The number of halogens is 2. The van der Waals surface area contributed by atoms with Gasteiger partial charge in [0.1, 0.15) is 11.6 Å². The molecule has 1 saturated heterocycles. The van der Waals surface area contributed by atoms with E-state index >= 15 is 0 Å². The van der Waals surface area contributed by atoms with Crippen molar-refractivity contribution in [3.05, 3.63) is 69.3 Å². The summed E-state index contributed by atoms with van der Waals surface area (Å²) in [5.41, 5.74) is 0.971. The number of ether oxygens (including phenoxy) is 1.